The van der Waals surface area contributed by atoms with E-state index in [1.54, 1.807) is 23.7 Å². The van der Waals surface area contributed by atoms with Crippen molar-refractivity contribution in [3.63, 3.8) is 0 Å². The highest BCUT2D eigenvalue weighted by Crippen LogP contribution is 2.08. The SMILES string of the molecule is CC(Cc1ccsc1)NCc1ncccn1. The third-order valence-electron chi connectivity index (χ3n) is 2.35. The average molecular weight is 233 g/mol. The summed E-state index contributed by atoms with van der Waals surface area (Å²) in [6.07, 6.45) is 4.59. The molecule has 0 fully saturated rings. The third kappa shape index (κ3) is 3.40. The summed E-state index contributed by atoms with van der Waals surface area (Å²) >= 11 is 1.74. The Morgan fingerprint density at radius 3 is 2.88 bits per heavy atom. The second kappa shape index (κ2) is 5.72. The summed E-state index contributed by atoms with van der Waals surface area (Å²) in [4.78, 5) is 8.35. The number of rotatable bonds is 5. The van der Waals surface area contributed by atoms with Crippen molar-refractivity contribution in [2.75, 3.05) is 0 Å². The van der Waals surface area contributed by atoms with Gasteiger partial charge < -0.3 is 5.32 Å². The van der Waals surface area contributed by atoms with Crippen molar-refractivity contribution in [1.29, 1.82) is 0 Å². The lowest BCUT2D eigenvalue weighted by atomic mass is 10.1. The van der Waals surface area contributed by atoms with Crippen LogP contribution in [0, 0.1) is 0 Å². The molecule has 2 rings (SSSR count). The molecular formula is C12H15N3S. The van der Waals surface area contributed by atoms with E-state index in [0.29, 0.717) is 6.04 Å². The van der Waals surface area contributed by atoms with Crippen molar-refractivity contribution in [2.45, 2.75) is 25.9 Å². The van der Waals surface area contributed by atoms with Gasteiger partial charge in [-0.15, -0.1) is 0 Å². The average Bonchev–Trinajstić information content (AvgIpc) is 2.81. The van der Waals surface area contributed by atoms with Gasteiger partial charge in [0.05, 0.1) is 6.54 Å². The summed E-state index contributed by atoms with van der Waals surface area (Å²) < 4.78 is 0. The Morgan fingerprint density at radius 1 is 1.38 bits per heavy atom. The summed E-state index contributed by atoms with van der Waals surface area (Å²) in [6, 6.07) is 4.44. The largest absolute Gasteiger partial charge is 0.307 e. The molecule has 0 bridgehead atoms. The van der Waals surface area contributed by atoms with Gasteiger partial charge in [0, 0.05) is 18.4 Å². The van der Waals surface area contributed by atoms with E-state index in [4.69, 9.17) is 0 Å². The molecule has 0 aliphatic carbocycles. The minimum Gasteiger partial charge on any atom is -0.307 e. The minimum absolute atomic E-state index is 0.443. The highest BCUT2D eigenvalue weighted by atomic mass is 32.1. The first kappa shape index (κ1) is 11.2. The van der Waals surface area contributed by atoms with Gasteiger partial charge in [0.15, 0.2) is 0 Å². The maximum Gasteiger partial charge on any atom is 0.141 e. The first-order chi connectivity index (χ1) is 7.84. The van der Waals surface area contributed by atoms with Crippen LogP contribution in [-0.4, -0.2) is 16.0 Å². The second-order valence-electron chi connectivity index (χ2n) is 3.78. The van der Waals surface area contributed by atoms with Crippen molar-refractivity contribution in [3.8, 4) is 0 Å². The molecule has 1 unspecified atom stereocenters. The Labute approximate surface area is 99.6 Å². The van der Waals surface area contributed by atoms with E-state index >= 15 is 0 Å². The van der Waals surface area contributed by atoms with Gasteiger partial charge in [-0.3, -0.25) is 0 Å². The zero-order chi connectivity index (χ0) is 11.2. The number of hydrogen-bond acceptors (Lipinski definition) is 4. The molecular weight excluding hydrogens is 218 g/mol. The van der Waals surface area contributed by atoms with Gasteiger partial charge in [0.25, 0.3) is 0 Å². The minimum atomic E-state index is 0.443. The highest BCUT2D eigenvalue weighted by Gasteiger charge is 2.04. The molecule has 3 nitrogen and oxygen atoms in total. The van der Waals surface area contributed by atoms with Gasteiger partial charge >= 0.3 is 0 Å². The lowest BCUT2D eigenvalue weighted by Gasteiger charge is -2.11. The van der Waals surface area contributed by atoms with Crippen molar-refractivity contribution in [2.24, 2.45) is 0 Å². The van der Waals surface area contributed by atoms with Gasteiger partial charge in [0.2, 0.25) is 0 Å². The number of nitrogens with zero attached hydrogens (tertiary/aromatic N) is 2. The zero-order valence-electron chi connectivity index (χ0n) is 9.26. The molecule has 2 aromatic heterocycles. The van der Waals surface area contributed by atoms with Crippen LogP contribution >= 0.6 is 11.3 Å². The fourth-order valence-electron chi connectivity index (χ4n) is 1.52. The maximum absolute atomic E-state index is 4.18. The molecule has 0 aliphatic rings. The molecule has 0 aromatic carbocycles. The summed E-state index contributed by atoms with van der Waals surface area (Å²) in [5.41, 5.74) is 1.39. The van der Waals surface area contributed by atoms with Crippen LogP contribution in [-0.2, 0) is 13.0 Å². The number of thiophene rings is 1. The van der Waals surface area contributed by atoms with Gasteiger partial charge in [-0.05, 0) is 41.8 Å². The normalized spacial score (nSPS) is 12.6. The van der Waals surface area contributed by atoms with E-state index in [2.05, 4.69) is 39.0 Å². The maximum atomic E-state index is 4.18. The van der Waals surface area contributed by atoms with Crippen molar-refractivity contribution in [3.05, 3.63) is 46.7 Å². The first-order valence-corrected chi connectivity index (χ1v) is 6.29. The van der Waals surface area contributed by atoms with Gasteiger partial charge in [-0.1, -0.05) is 0 Å². The smallest absolute Gasteiger partial charge is 0.141 e. The second-order valence-corrected chi connectivity index (χ2v) is 4.56. The van der Waals surface area contributed by atoms with Crippen LogP contribution in [0.25, 0.3) is 0 Å². The molecule has 0 amide bonds. The Kier molecular flexibility index (Phi) is 4.02. The predicted molar refractivity (Wildman–Crippen MR) is 66.4 cm³/mol. The quantitative estimate of drug-likeness (QED) is 0.860. The Morgan fingerprint density at radius 2 is 2.19 bits per heavy atom. The van der Waals surface area contributed by atoms with Gasteiger partial charge in [-0.2, -0.15) is 11.3 Å². The molecule has 0 saturated heterocycles. The summed E-state index contributed by atoms with van der Waals surface area (Å²) in [7, 11) is 0. The monoisotopic (exact) mass is 233 g/mol. The lowest BCUT2D eigenvalue weighted by molar-refractivity contribution is 0.533. The molecule has 84 valence electrons. The molecule has 4 heteroatoms. The van der Waals surface area contributed by atoms with E-state index in [1.165, 1.54) is 5.56 Å². The van der Waals surface area contributed by atoms with E-state index in [1.807, 2.05) is 6.07 Å². The molecule has 0 radical (unpaired) electrons. The van der Waals surface area contributed by atoms with Crippen LogP contribution in [0.15, 0.2) is 35.3 Å². The molecule has 1 N–H and O–H groups in total. The molecule has 0 saturated carbocycles. The Balaban J connectivity index is 1.78. The Hall–Kier alpha value is -1.26. The van der Waals surface area contributed by atoms with Crippen LogP contribution in [0.2, 0.25) is 0 Å². The van der Waals surface area contributed by atoms with Gasteiger partial charge in [0.1, 0.15) is 5.82 Å². The number of nitrogens with one attached hydrogen (secondary N) is 1. The molecule has 0 spiro atoms. The number of hydrogen-bond donors (Lipinski definition) is 1. The van der Waals surface area contributed by atoms with E-state index in [9.17, 15) is 0 Å². The zero-order valence-corrected chi connectivity index (χ0v) is 10.1. The van der Waals surface area contributed by atoms with Crippen molar-refractivity contribution < 1.29 is 0 Å². The van der Waals surface area contributed by atoms with Gasteiger partial charge in [-0.25, -0.2) is 9.97 Å². The van der Waals surface area contributed by atoms with Crippen molar-refractivity contribution >= 4 is 11.3 Å². The molecule has 16 heavy (non-hydrogen) atoms. The molecule has 0 aliphatic heterocycles. The summed E-state index contributed by atoms with van der Waals surface area (Å²) in [5, 5.41) is 7.72. The van der Waals surface area contributed by atoms with Crippen molar-refractivity contribution in [1.82, 2.24) is 15.3 Å². The van der Waals surface area contributed by atoms with E-state index in [0.717, 1.165) is 18.8 Å². The lowest BCUT2D eigenvalue weighted by Crippen LogP contribution is -2.28. The third-order valence-corrected chi connectivity index (χ3v) is 3.08. The molecule has 2 aromatic rings. The van der Waals surface area contributed by atoms with Crippen LogP contribution in [0.5, 0.6) is 0 Å². The topological polar surface area (TPSA) is 37.8 Å². The standard InChI is InChI=1S/C12H15N3S/c1-10(7-11-3-6-16-9-11)15-8-12-13-4-2-5-14-12/h2-6,9-10,15H,7-8H2,1H3. The van der Waals surface area contributed by atoms with Crippen LogP contribution in [0.1, 0.15) is 18.3 Å². The molecule has 2 heterocycles. The van der Waals surface area contributed by atoms with E-state index in [-0.39, 0.29) is 0 Å². The van der Waals surface area contributed by atoms with Crippen LogP contribution in [0.3, 0.4) is 0 Å². The number of aromatic nitrogens is 2. The first-order valence-electron chi connectivity index (χ1n) is 5.35. The van der Waals surface area contributed by atoms with Crippen LogP contribution < -0.4 is 5.32 Å². The molecule has 1 atom stereocenters. The predicted octanol–water partition coefficient (Wildman–Crippen LogP) is 2.26. The fourth-order valence-corrected chi connectivity index (χ4v) is 2.20. The van der Waals surface area contributed by atoms with E-state index < -0.39 is 0 Å². The fraction of sp³-hybridized carbons (Fsp3) is 0.333. The summed E-state index contributed by atoms with van der Waals surface area (Å²) in [5.74, 6) is 0.847. The summed E-state index contributed by atoms with van der Waals surface area (Å²) in [6.45, 7) is 2.91. The Bertz CT molecular complexity index is 399. The highest BCUT2D eigenvalue weighted by molar-refractivity contribution is 7.07. The van der Waals surface area contributed by atoms with Crippen LogP contribution in [0.4, 0.5) is 0 Å².